The van der Waals surface area contributed by atoms with E-state index in [4.69, 9.17) is 4.74 Å². The number of rotatable bonds is 3. The summed E-state index contributed by atoms with van der Waals surface area (Å²) in [7, 11) is 1.65. The van der Waals surface area contributed by atoms with Crippen molar-refractivity contribution in [3.8, 4) is 0 Å². The molecule has 2 nitrogen and oxygen atoms in total. The molecule has 1 fully saturated rings. The maximum absolute atomic E-state index is 11.4. The van der Waals surface area contributed by atoms with Crippen LogP contribution in [0.3, 0.4) is 0 Å². The third-order valence-electron chi connectivity index (χ3n) is 2.63. The van der Waals surface area contributed by atoms with Gasteiger partial charge in [-0.25, -0.2) is 0 Å². The fourth-order valence-corrected chi connectivity index (χ4v) is 1.87. The lowest BCUT2D eigenvalue weighted by atomic mass is 9.94. The van der Waals surface area contributed by atoms with Crippen LogP contribution in [0, 0.1) is 0 Å². The molecule has 1 rings (SSSR count). The van der Waals surface area contributed by atoms with E-state index < -0.39 is 5.60 Å². The Kier molecular flexibility index (Phi) is 2.66. The van der Waals surface area contributed by atoms with E-state index in [-0.39, 0.29) is 5.78 Å². The minimum atomic E-state index is -0.394. The SMILES string of the molecule is CCC(=O)C1(OC)CCCC1. The Morgan fingerprint density at radius 2 is 2.00 bits per heavy atom. The molecule has 0 saturated heterocycles. The standard InChI is InChI=1S/C9H16O2/c1-3-8(10)9(11-2)6-4-5-7-9/h3-7H2,1-2H3. The fourth-order valence-electron chi connectivity index (χ4n) is 1.87. The molecule has 0 atom stereocenters. The van der Waals surface area contributed by atoms with Crippen LogP contribution in [0.4, 0.5) is 0 Å². The number of Topliss-reactive ketones (excluding diaryl/α,β-unsaturated/α-hetero) is 1. The molecule has 2 heteroatoms. The number of carbonyl (C=O) groups is 1. The Hall–Kier alpha value is -0.370. The van der Waals surface area contributed by atoms with Gasteiger partial charge in [-0.2, -0.15) is 0 Å². The van der Waals surface area contributed by atoms with Gasteiger partial charge in [0.25, 0.3) is 0 Å². The second kappa shape index (κ2) is 3.35. The van der Waals surface area contributed by atoms with Gasteiger partial charge in [0.15, 0.2) is 5.78 Å². The maximum Gasteiger partial charge on any atom is 0.164 e. The van der Waals surface area contributed by atoms with Crippen LogP contribution in [0.1, 0.15) is 39.0 Å². The molecule has 0 unspecified atom stereocenters. The smallest absolute Gasteiger partial charge is 0.164 e. The number of hydrogen-bond donors (Lipinski definition) is 0. The van der Waals surface area contributed by atoms with Gasteiger partial charge in [0.2, 0.25) is 0 Å². The number of methoxy groups -OCH3 is 1. The minimum absolute atomic E-state index is 0.275. The van der Waals surface area contributed by atoms with E-state index in [2.05, 4.69) is 0 Å². The highest BCUT2D eigenvalue weighted by atomic mass is 16.5. The highest BCUT2D eigenvalue weighted by Crippen LogP contribution is 2.34. The van der Waals surface area contributed by atoms with E-state index in [1.54, 1.807) is 7.11 Å². The molecule has 1 aliphatic carbocycles. The molecule has 0 radical (unpaired) electrons. The predicted molar refractivity (Wildman–Crippen MR) is 43.5 cm³/mol. The van der Waals surface area contributed by atoms with Crippen molar-refractivity contribution < 1.29 is 9.53 Å². The zero-order chi connectivity index (χ0) is 8.32. The number of ether oxygens (including phenoxy) is 1. The highest BCUT2D eigenvalue weighted by Gasteiger charge is 2.39. The third-order valence-corrected chi connectivity index (χ3v) is 2.63. The summed E-state index contributed by atoms with van der Waals surface area (Å²) in [6, 6.07) is 0. The normalized spacial score (nSPS) is 22.0. The lowest BCUT2D eigenvalue weighted by Gasteiger charge is -2.24. The van der Waals surface area contributed by atoms with E-state index in [1.165, 1.54) is 0 Å². The molecule has 0 amide bonds. The summed E-state index contributed by atoms with van der Waals surface area (Å²) in [5, 5.41) is 0. The molecule has 0 bridgehead atoms. The van der Waals surface area contributed by atoms with Crippen LogP contribution in [0.5, 0.6) is 0 Å². The largest absolute Gasteiger partial charge is 0.370 e. The number of carbonyl (C=O) groups excluding carboxylic acids is 1. The van der Waals surface area contributed by atoms with Crippen LogP contribution in [-0.2, 0) is 9.53 Å². The number of hydrogen-bond acceptors (Lipinski definition) is 2. The highest BCUT2D eigenvalue weighted by molar-refractivity contribution is 5.87. The summed E-state index contributed by atoms with van der Waals surface area (Å²) >= 11 is 0. The predicted octanol–water partition coefficient (Wildman–Crippen LogP) is 1.92. The summed E-state index contributed by atoms with van der Waals surface area (Å²) in [5.41, 5.74) is -0.394. The van der Waals surface area contributed by atoms with Gasteiger partial charge in [-0.1, -0.05) is 6.92 Å². The molecule has 0 aromatic rings. The summed E-state index contributed by atoms with van der Waals surface area (Å²) < 4.78 is 5.30. The minimum Gasteiger partial charge on any atom is -0.370 e. The van der Waals surface area contributed by atoms with Gasteiger partial charge in [-0.15, -0.1) is 0 Å². The molecule has 1 aliphatic rings. The van der Waals surface area contributed by atoms with Crippen molar-refractivity contribution >= 4 is 5.78 Å². The van der Waals surface area contributed by atoms with E-state index in [1.807, 2.05) is 6.92 Å². The molecular weight excluding hydrogens is 140 g/mol. The Morgan fingerprint density at radius 3 is 2.36 bits per heavy atom. The monoisotopic (exact) mass is 156 g/mol. The van der Waals surface area contributed by atoms with E-state index in [9.17, 15) is 4.79 Å². The van der Waals surface area contributed by atoms with Crippen LogP contribution in [0.2, 0.25) is 0 Å². The molecule has 1 saturated carbocycles. The Bertz CT molecular complexity index is 146. The van der Waals surface area contributed by atoms with Crippen LogP contribution in [0.25, 0.3) is 0 Å². The first-order valence-electron chi connectivity index (χ1n) is 4.33. The summed E-state index contributed by atoms with van der Waals surface area (Å²) in [4.78, 5) is 11.4. The van der Waals surface area contributed by atoms with Gasteiger partial charge in [0.1, 0.15) is 5.60 Å². The average Bonchev–Trinajstić information content (AvgIpc) is 2.52. The van der Waals surface area contributed by atoms with Crippen molar-refractivity contribution in [1.82, 2.24) is 0 Å². The van der Waals surface area contributed by atoms with Gasteiger partial charge in [-0.05, 0) is 25.7 Å². The summed E-state index contributed by atoms with van der Waals surface area (Å²) in [5.74, 6) is 0.275. The summed E-state index contributed by atoms with van der Waals surface area (Å²) in [6.07, 6.45) is 4.74. The first kappa shape index (κ1) is 8.72. The van der Waals surface area contributed by atoms with Crippen LogP contribution in [0.15, 0.2) is 0 Å². The fraction of sp³-hybridized carbons (Fsp3) is 0.889. The van der Waals surface area contributed by atoms with Crippen molar-refractivity contribution in [2.45, 2.75) is 44.6 Å². The maximum atomic E-state index is 11.4. The molecule has 0 aromatic carbocycles. The van der Waals surface area contributed by atoms with E-state index in [0.717, 1.165) is 25.7 Å². The van der Waals surface area contributed by atoms with Crippen molar-refractivity contribution in [3.63, 3.8) is 0 Å². The second-order valence-electron chi connectivity index (χ2n) is 3.18. The molecule has 11 heavy (non-hydrogen) atoms. The number of ketones is 1. The van der Waals surface area contributed by atoms with Gasteiger partial charge in [-0.3, -0.25) is 4.79 Å². The Morgan fingerprint density at radius 1 is 1.45 bits per heavy atom. The third kappa shape index (κ3) is 1.45. The van der Waals surface area contributed by atoms with Crippen molar-refractivity contribution in [3.05, 3.63) is 0 Å². The zero-order valence-electron chi connectivity index (χ0n) is 7.35. The Labute approximate surface area is 67.9 Å². The molecule has 0 aromatic heterocycles. The lowest BCUT2D eigenvalue weighted by Crippen LogP contribution is -2.37. The van der Waals surface area contributed by atoms with E-state index in [0.29, 0.717) is 6.42 Å². The molecule has 0 N–H and O–H groups in total. The van der Waals surface area contributed by atoms with Gasteiger partial charge in [0.05, 0.1) is 0 Å². The van der Waals surface area contributed by atoms with Crippen molar-refractivity contribution in [1.29, 1.82) is 0 Å². The molecular formula is C9H16O2. The second-order valence-corrected chi connectivity index (χ2v) is 3.18. The van der Waals surface area contributed by atoms with Crippen molar-refractivity contribution in [2.75, 3.05) is 7.11 Å². The average molecular weight is 156 g/mol. The topological polar surface area (TPSA) is 26.3 Å². The van der Waals surface area contributed by atoms with Crippen LogP contribution < -0.4 is 0 Å². The zero-order valence-corrected chi connectivity index (χ0v) is 7.35. The van der Waals surface area contributed by atoms with Gasteiger partial charge >= 0.3 is 0 Å². The van der Waals surface area contributed by atoms with Gasteiger partial charge < -0.3 is 4.74 Å². The summed E-state index contributed by atoms with van der Waals surface area (Å²) in [6.45, 7) is 1.90. The molecule has 0 aliphatic heterocycles. The molecule has 64 valence electrons. The van der Waals surface area contributed by atoms with Crippen LogP contribution in [-0.4, -0.2) is 18.5 Å². The Balaban J connectivity index is 2.66. The van der Waals surface area contributed by atoms with Crippen LogP contribution >= 0.6 is 0 Å². The molecule has 0 spiro atoms. The van der Waals surface area contributed by atoms with Gasteiger partial charge in [0, 0.05) is 13.5 Å². The van der Waals surface area contributed by atoms with E-state index >= 15 is 0 Å². The quantitative estimate of drug-likeness (QED) is 0.624. The first-order chi connectivity index (χ1) is 5.25. The van der Waals surface area contributed by atoms with Crippen molar-refractivity contribution in [2.24, 2.45) is 0 Å². The lowest BCUT2D eigenvalue weighted by molar-refractivity contribution is -0.140. The molecule has 0 heterocycles. The first-order valence-corrected chi connectivity index (χ1v) is 4.33.